The number of carbonyl (C=O) groups is 1. The van der Waals surface area contributed by atoms with E-state index in [9.17, 15) is 36.2 Å². The molecule has 4 rings (SSSR count). The van der Waals surface area contributed by atoms with Gasteiger partial charge in [-0.05, 0) is 0 Å². The summed E-state index contributed by atoms with van der Waals surface area (Å²) in [4.78, 5) is 14.7. The first-order chi connectivity index (χ1) is 13.2. The Labute approximate surface area is 181 Å². The van der Waals surface area contributed by atoms with Crippen LogP contribution in [0.1, 0.15) is 32.6 Å². The normalized spacial score (nSPS) is 34.5. The molecule has 0 amide bonds. The maximum atomic E-state index is 13.7. The van der Waals surface area contributed by atoms with Crippen molar-refractivity contribution in [2.24, 2.45) is 17.8 Å². The van der Waals surface area contributed by atoms with E-state index < -0.39 is 90.5 Å². The van der Waals surface area contributed by atoms with Gasteiger partial charge in [-0.3, -0.25) is 0 Å². The molecule has 5 nitrogen and oxygen atoms in total. The van der Waals surface area contributed by atoms with Gasteiger partial charge in [-0.2, -0.15) is 0 Å². The van der Waals surface area contributed by atoms with Crippen molar-refractivity contribution in [1.82, 2.24) is 7.06 Å². The van der Waals surface area contributed by atoms with Crippen LogP contribution in [0, 0.1) is 17.8 Å². The van der Waals surface area contributed by atoms with Crippen LogP contribution in [0.25, 0.3) is 0 Å². The van der Waals surface area contributed by atoms with E-state index in [-0.39, 0.29) is 12.3 Å². The zero-order valence-electron chi connectivity index (χ0n) is 15.4. The number of alkyl halides is 9. The molecule has 0 aromatic carbocycles. The second-order valence-electron chi connectivity index (χ2n) is 8.25. The Kier molecular flexibility index (Phi) is 5.22. The molecule has 4 fully saturated rings. The van der Waals surface area contributed by atoms with Crippen molar-refractivity contribution in [3.63, 3.8) is 0 Å². The maximum absolute atomic E-state index is 13.7. The molecule has 4 aliphatic rings. The summed E-state index contributed by atoms with van der Waals surface area (Å²) in [5.74, 6) is -2.66. The van der Waals surface area contributed by atoms with Crippen LogP contribution in [-0.4, -0.2) is 47.2 Å². The molecule has 13 heteroatoms. The minimum absolute atomic E-state index is 0.00781. The fraction of sp³-hybridized carbons (Fsp3) is 0.938. The Morgan fingerprint density at radius 1 is 1.17 bits per heavy atom. The number of aliphatic hydroxyl groups is 1. The average molecular weight is 657 g/mol. The Morgan fingerprint density at radius 2 is 1.72 bits per heavy atom. The fourth-order valence-corrected chi connectivity index (χ4v) is 15.1. The van der Waals surface area contributed by atoms with Gasteiger partial charge in [-0.15, -0.1) is 0 Å². The van der Waals surface area contributed by atoms with Gasteiger partial charge in [-0.25, -0.2) is 0 Å². The number of esters is 1. The Morgan fingerprint density at radius 3 is 2.07 bits per heavy atom. The zero-order valence-corrected chi connectivity index (χ0v) is 19.7. The SMILES string of the molecule is C[I-]C(C)(C(=O)OC(C1CC2CCC1C2)C(O)(C(F)(F)F)C(F)(F)F)C12NI1N2. The number of carbonyl (C=O) groups excluding carboxylic acids is 1. The molecular weight excluding hydrogens is 636 g/mol. The van der Waals surface area contributed by atoms with Gasteiger partial charge in [0, 0.05) is 0 Å². The summed E-state index contributed by atoms with van der Waals surface area (Å²) in [6.45, 7) is 1.53. The molecule has 29 heavy (non-hydrogen) atoms. The molecule has 0 aromatic heterocycles. The Bertz CT molecular complexity index is 700. The monoisotopic (exact) mass is 657 g/mol. The van der Waals surface area contributed by atoms with E-state index in [0.717, 1.165) is 6.42 Å². The summed E-state index contributed by atoms with van der Waals surface area (Å²) in [6, 6.07) is 0. The van der Waals surface area contributed by atoms with Crippen LogP contribution < -0.4 is 28.3 Å². The standard InChI is InChI=1S/C16H21F6I2N2O3/c1-12(23-2,16-24(25-16)26-16)11(27)29-10(9-6-7-3-4-8(9)5-7)13(28,14(17,18)19)15(20,21)22/h7-10,25-26,28H,3-6H2,1-2H3/q-1. The number of fused-ring (bicyclic) bond motifs is 3. The third-order valence-corrected chi connectivity index (χ3v) is 16.1. The van der Waals surface area contributed by atoms with Crippen LogP contribution in [0.15, 0.2) is 0 Å². The summed E-state index contributed by atoms with van der Waals surface area (Å²) in [5, 5.41) is 10.1. The van der Waals surface area contributed by atoms with E-state index in [1.54, 1.807) is 4.93 Å². The van der Waals surface area contributed by atoms with Crippen molar-refractivity contribution in [2.75, 3.05) is 4.93 Å². The predicted molar refractivity (Wildman–Crippen MR) is 93.2 cm³/mol. The number of nitrogens with one attached hydrogen (secondary N) is 2. The van der Waals surface area contributed by atoms with Gasteiger partial charge in [0.05, 0.1) is 0 Å². The molecule has 5 atom stereocenters. The van der Waals surface area contributed by atoms with E-state index in [0.29, 0.717) is 12.8 Å². The molecule has 0 spiro atoms. The second kappa shape index (κ2) is 6.70. The third kappa shape index (κ3) is 3.14. The van der Waals surface area contributed by atoms with E-state index in [4.69, 9.17) is 4.74 Å². The molecular formula is C16H21F6I2N2O3-. The first-order valence-electron chi connectivity index (χ1n) is 9.04. The van der Waals surface area contributed by atoms with Crippen molar-refractivity contribution in [2.45, 2.75) is 63.8 Å². The molecule has 2 saturated carbocycles. The Balaban J connectivity index is 1.70. The van der Waals surface area contributed by atoms with E-state index in [1.807, 2.05) is 0 Å². The van der Waals surface area contributed by atoms with E-state index in [1.165, 1.54) is 6.92 Å². The molecule has 2 bridgehead atoms. The predicted octanol–water partition coefficient (Wildman–Crippen LogP) is -0.136. The van der Waals surface area contributed by atoms with Gasteiger partial charge in [0.15, 0.2) is 0 Å². The first kappa shape index (κ1) is 22.6. The molecule has 2 aliphatic heterocycles. The zero-order chi connectivity index (χ0) is 21.6. The molecule has 5 unspecified atom stereocenters. The van der Waals surface area contributed by atoms with Gasteiger partial charge in [-0.1, -0.05) is 0 Å². The Hall–Kier alpha value is 0.390. The molecule has 3 N–H and O–H groups in total. The van der Waals surface area contributed by atoms with Crippen LogP contribution in [-0.2, 0) is 9.53 Å². The van der Waals surface area contributed by atoms with E-state index in [2.05, 4.69) is 7.06 Å². The number of ether oxygens (including phenoxy) is 1. The third-order valence-electron chi connectivity index (χ3n) is 6.76. The average Bonchev–Trinajstić information content (AvgIpc) is 3.37. The number of rotatable bonds is 6. The van der Waals surface area contributed by atoms with E-state index >= 15 is 0 Å². The van der Waals surface area contributed by atoms with Crippen LogP contribution in [0.2, 0.25) is 0 Å². The van der Waals surface area contributed by atoms with Crippen LogP contribution >= 0.6 is 20.4 Å². The summed E-state index contributed by atoms with van der Waals surface area (Å²) in [6.07, 6.45) is -12.9. The van der Waals surface area contributed by atoms with Crippen molar-refractivity contribution in [3.05, 3.63) is 0 Å². The van der Waals surface area contributed by atoms with Crippen LogP contribution in [0.3, 0.4) is 0 Å². The minimum atomic E-state index is -6.03. The van der Waals surface area contributed by atoms with Crippen molar-refractivity contribution in [3.8, 4) is 0 Å². The van der Waals surface area contributed by atoms with Gasteiger partial charge in [0.1, 0.15) is 0 Å². The first-order valence-corrected chi connectivity index (χ1v) is 15.5. The molecule has 2 aliphatic carbocycles. The number of halogens is 8. The van der Waals surface area contributed by atoms with Crippen molar-refractivity contribution >= 4 is 26.3 Å². The van der Waals surface area contributed by atoms with Crippen LogP contribution in [0.5, 0.6) is 0 Å². The molecule has 2 saturated heterocycles. The molecule has 0 radical (unpaired) electrons. The molecule has 170 valence electrons. The van der Waals surface area contributed by atoms with Gasteiger partial charge in [0.25, 0.3) is 0 Å². The van der Waals surface area contributed by atoms with Crippen LogP contribution in [0.4, 0.5) is 26.3 Å². The van der Waals surface area contributed by atoms with Crippen molar-refractivity contribution < 1.29 is 62.2 Å². The molecule has 2 heterocycles. The van der Waals surface area contributed by atoms with Gasteiger partial charge in [0.2, 0.25) is 0 Å². The topological polar surface area (TPSA) is 90.4 Å². The van der Waals surface area contributed by atoms with Crippen molar-refractivity contribution in [1.29, 1.82) is 0 Å². The van der Waals surface area contributed by atoms with Gasteiger partial charge >= 0.3 is 182 Å². The number of hydrogen-bond donors (Lipinski definition) is 3. The summed E-state index contributed by atoms with van der Waals surface area (Å²) in [7, 11) is 0. The molecule has 0 aromatic rings. The van der Waals surface area contributed by atoms with Gasteiger partial charge < -0.3 is 0 Å². The summed E-state index contributed by atoms with van der Waals surface area (Å²) < 4.78 is 91.5. The number of hydrogen-bond acceptors (Lipinski definition) is 5. The fourth-order valence-electron chi connectivity index (χ4n) is 4.78. The second-order valence-corrected chi connectivity index (χ2v) is 15.8. The summed E-state index contributed by atoms with van der Waals surface area (Å²) in [5.41, 5.74) is -5.10. The summed E-state index contributed by atoms with van der Waals surface area (Å²) >= 11 is -2.62. The quantitative estimate of drug-likeness (QED) is 0.0705.